The number of hydrogen-bond acceptors (Lipinski definition) is 3. The van der Waals surface area contributed by atoms with Crippen molar-refractivity contribution in [3.8, 4) is 5.75 Å². The van der Waals surface area contributed by atoms with Gasteiger partial charge in [0.2, 0.25) is 0 Å². The third-order valence-electron chi connectivity index (χ3n) is 3.16. The van der Waals surface area contributed by atoms with Crippen LogP contribution in [0.4, 0.5) is 0 Å². The third kappa shape index (κ3) is 8.89. The summed E-state index contributed by atoms with van der Waals surface area (Å²) in [5.74, 6) is 0.665. The maximum absolute atomic E-state index is 5.97. The van der Waals surface area contributed by atoms with E-state index in [1.807, 2.05) is 14.1 Å². The molecule has 0 radical (unpaired) electrons. The summed E-state index contributed by atoms with van der Waals surface area (Å²) in [5.41, 5.74) is 0. The molecule has 138 valence electrons. The second kappa shape index (κ2) is 11.7. The van der Waals surface area contributed by atoms with E-state index < -0.39 is 0 Å². The predicted molar refractivity (Wildman–Crippen MR) is 107 cm³/mol. The summed E-state index contributed by atoms with van der Waals surface area (Å²) in [6.07, 6.45) is 0. The molecular formula is C16H27Cl2N3O2S. The number of benzene rings is 1. The maximum Gasteiger partial charge on any atom is 0.169 e. The van der Waals surface area contributed by atoms with Gasteiger partial charge in [-0.1, -0.05) is 23.2 Å². The van der Waals surface area contributed by atoms with Crippen LogP contribution >= 0.6 is 35.4 Å². The SMILES string of the molecule is CC(C)N(CCOc1cc(Cl)cc(Cl)c1)C(=S)NCCN(C)C.O. The summed E-state index contributed by atoms with van der Waals surface area (Å²) in [5, 5.41) is 5.15. The Morgan fingerprint density at radius 2 is 1.75 bits per heavy atom. The van der Waals surface area contributed by atoms with Crippen LogP contribution < -0.4 is 10.1 Å². The minimum absolute atomic E-state index is 0. The van der Waals surface area contributed by atoms with Gasteiger partial charge in [-0.15, -0.1) is 0 Å². The summed E-state index contributed by atoms with van der Waals surface area (Å²) < 4.78 is 5.73. The topological polar surface area (TPSA) is 59.2 Å². The quantitative estimate of drug-likeness (QED) is 0.685. The summed E-state index contributed by atoms with van der Waals surface area (Å²) >= 11 is 17.4. The van der Waals surface area contributed by atoms with Gasteiger partial charge < -0.3 is 25.3 Å². The van der Waals surface area contributed by atoms with Crippen molar-refractivity contribution in [3.05, 3.63) is 28.2 Å². The molecule has 0 atom stereocenters. The molecule has 24 heavy (non-hydrogen) atoms. The Morgan fingerprint density at radius 3 is 2.25 bits per heavy atom. The van der Waals surface area contributed by atoms with Gasteiger partial charge >= 0.3 is 0 Å². The van der Waals surface area contributed by atoms with Gasteiger partial charge in [0, 0.05) is 29.2 Å². The zero-order chi connectivity index (χ0) is 17.4. The Bertz CT molecular complexity index is 496. The molecule has 0 aliphatic rings. The molecule has 8 heteroatoms. The first kappa shape index (κ1) is 23.2. The van der Waals surface area contributed by atoms with E-state index in [-0.39, 0.29) is 5.48 Å². The molecule has 0 unspecified atom stereocenters. The fourth-order valence-electron chi connectivity index (χ4n) is 1.96. The Balaban J connectivity index is 0.00000529. The number of thiocarbonyl (C=S) groups is 1. The Labute approximate surface area is 160 Å². The van der Waals surface area contributed by atoms with E-state index in [9.17, 15) is 0 Å². The van der Waals surface area contributed by atoms with Crippen molar-refractivity contribution in [2.45, 2.75) is 19.9 Å². The smallest absolute Gasteiger partial charge is 0.169 e. The molecule has 0 saturated carbocycles. The lowest BCUT2D eigenvalue weighted by molar-refractivity contribution is 0.245. The van der Waals surface area contributed by atoms with E-state index in [0.29, 0.717) is 35.0 Å². The van der Waals surface area contributed by atoms with Crippen LogP contribution in [0.25, 0.3) is 0 Å². The van der Waals surface area contributed by atoms with Crippen LogP contribution in [-0.2, 0) is 0 Å². The molecule has 1 aromatic rings. The number of likely N-dealkylation sites (N-methyl/N-ethyl adjacent to an activating group) is 1. The first-order valence-corrected chi connectivity index (χ1v) is 8.74. The van der Waals surface area contributed by atoms with Gasteiger partial charge in [-0.05, 0) is 58.4 Å². The molecule has 3 N–H and O–H groups in total. The number of nitrogens with zero attached hydrogens (tertiary/aromatic N) is 2. The summed E-state index contributed by atoms with van der Waals surface area (Å²) in [7, 11) is 4.07. The summed E-state index contributed by atoms with van der Waals surface area (Å²) in [4.78, 5) is 4.22. The fraction of sp³-hybridized carbons (Fsp3) is 0.562. The number of nitrogens with one attached hydrogen (secondary N) is 1. The van der Waals surface area contributed by atoms with Crippen LogP contribution in [0.15, 0.2) is 18.2 Å². The minimum Gasteiger partial charge on any atom is -0.492 e. The molecule has 0 amide bonds. The lowest BCUT2D eigenvalue weighted by Crippen LogP contribution is -2.47. The fourth-order valence-corrected chi connectivity index (χ4v) is 2.87. The molecule has 0 aromatic heterocycles. The maximum atomic E-state index is 5.97. The number of ether oxygens (including phenoxy) is 1. The Hall–Kier alpha value is -0.790. The van der Waals surface area contributed by atoms with Gasteiger partial charge in [-0.25, -0.2) is 0 Å². The third-order valence-corrected chi connectivity index (χ3v) is 3.97. The van der Waals surface area contributed by atoms with Crippen molar-refractivity contribution in [2.75, 3.05) is 40.3 Å². The Kier molecular flexibility index (Phi) is 11.3. The minimum atomic E-state index is 0. The highest BCUT2D eigenvalue weighted by Gasteiger charge is 2.13. The summed E-state index contributed by atoms with van der Waals surface area (Å²) in [6, 6.07) is 5.47. The molecular weight excluding hydrogens is 369 g/mol. The standard InChI is InChI=1S/C16H25Cl2N3OS.H2O/c1-12(2)21(16(23)19-5-6-20(3)4)7-8-22-15-10-13(17)9-14(18)11-15;/h9-12H,5-8H2,1-4H3,(H,19,23);1H2. The molecule has 5 nitrogen and oxygen atoms in total. The van der Waals surface area contributed by atoms with Crippen LogP contribution in [-0.4, -0.2) is 66.8 Å². The highest BCUT2D eigenvalue weighted by molar-refractivity contribution is 7.80. The van der Waals surface area contributed by atoms with E-state index in [1.54, 1.807) is 18.2 Å². The van der Waals surface area contributed by atoms with Gasteiger partial charge in [0.15, 0.2) is 5.11 Å². The van der Waals surface area contributed by atoms with E-state index in [4.69, 9.17) is 40.2 Å². The number of hydrogen-bond donors (Lipinski definition) is 1. The average molecular weight is 396 g/mol. The molecule has 0 fully saturated rings. The monoisotopic (exact) mass is 395 g/mol. The predicted octanol–water partition coefficient (Wildman–Crippen LogP) is 2.69. The molecule has 0 saturated heterocycles. The molecule has 0 spiro atoms. The molecule has 0 bridgehead atoms. The van der Waals surface area contributed by atoms with Crippen molar-refractivity contribution in [1.82, 2.24) is 15.1 Å². The van der Waals surface area contributed by atoms with Gasteiger partial charge in [0.05, 0.1) is 6.54 Å². The molecule has 1 aromatic carbocycles. The van der Waals surface area contributed by atoms with Crippen molar-refractivity contribution in [1.29, 1.82) is 0 Å². The highest BCUT2D eigenvalue weighted by atomic mass is 35.5. The van der Waals surface area contributed by atoms with Crippen molar-refractivity contribution in [3.63, 3.8) is 0 Å². The highest BCUT2D eigenvalue weighted by Crippen LogP contribution is 2.24. The van der Waals surface area contributed by atoms with E-state index in [1.165, 1.54) is 0 Å². The lowest BCUT2D eigenvalue weighted by atomic mass is 10.3. The van der Waals surface area contributed by atoms with Gasteiger partial charge in [-0.3, -0.25) is 0 Å². The van der Waals surface area contributed by atoms with Gasteiger partial charge in [0.25, 0.3) is 0 Å². The van der Waals surface area contributed by atoms with Crippen LogP contribution in [0.3, 0.4) is 0 Å². The van der Waals surface area contributed by atoms with Crippen LogP contribution in [0.2, 0.25) is 10.0 Å². The van der Waals surface area contributed by atoms with Crippen molar-refractivity contribution in [2.24, 2.45) is 0 Å². The van der Waals surface area contributed by atoms with Crippen molar-refractivity contribution < 1.29 is 10.2 Å². The number of rotatable bonds is 8. The first-order chi connectivity index (χ1) is 10.8. The van der Waals surface area contributed by atoms with Gasteiger partial charge in [-0.2, -0.15) is 0 Å². The summed E-state index contributed by atoms with van der Waals surface area (Å²) in [6.45, 7) is 7.16. The molecule has 1 rings (SSSR count). The van der Waals surface area contributed by atoms with E-state index >= 15 is 0 Å². The average Bonchev–Trinajstić information content (AvgIpc) is 2.41. The van der Waals surface area contributed by atoms with Gasteiger partial charge in [0.1, 0.15) is 12.4 Å². The zero-order valence-electron chi connectivity index (χ0n) is 14.6. The molecule has 0 aliphatic heterocycles. The van der Waals surface area contributed by atoms with Crippen LogP contribution in [0.5, 0.6) is 5.75 Å². The van der Waals surface area contributed by atoms with Crippen LogP contribution in [0, 0.1) is 0 Å². The molecule has 0 aliphatic carbocycles. The van der Waals surface area contributed by atoms with Crippen molar-refractivity contribution >= 4 is 40.5 Å². The number of halogens is 2. The lowest BCUT2D eigenvalue weighted by Gasteiger charge is -2.30. The second-order valence-electron chi connectivity index (χ2n) is 5.78. The molecule has 0 heterocycles. The largest absolute Gasteiger partial charge is 0.492 e. The van der Waals surface area contributed by atoms with Crippen LogP contribution in [0.1, 0.15) is 13.8 Å². The zero-order valence-corrected chi connectivity index (χ0v) is 16.9. The van der Waals surface area contributed by atoms with E-state index in [2.05, 4.69) is 29.0 Å². The second-order valence-corrected chi connectivity index (χ2v) is 7.04. The normalized spacial score (nSPS) is 10.5. The van der Waals surface area contributed by atoms with E-state index in [0.717, 1.165) is 18.2 Å². The first-order valence-electron chi connectivity index (χ1n) is 7.57. The Morgan fingerprint density at radius 1 is 1.17 bits per heavy atom.